The first-order chi connectivity index (χ1) is 38.6. The molecule has 0 aromatic rings. The van der Waals surface area contributed by atoms with Gasteiger partial charge in [-0.3, -0.25) is 14.4 Å². The van der Waals surface area contributed by atoms with Gasteiger partial charge in [-0.05, 0) is 19.3 Å². The van der Waals surface area contributed by atoms with Crippen molar-refractivity contribution in [3.05, 3.63) is 0 Å². The first-order valence-electron chi connectivity index (χ1n) is 34.0. The molecule has 6 atom stereocenters. The molecule has 0 aromatic carbocycles. The topological polar surface area (TPSA) is 175 Å². The zero-order chi connectivity index (χ0) is 57.5. The number of hydrogen-bond donors (Lipinski definition) is 3. The highest BCUT2D eigenvalue weighted by Gasteiger charge is 2.50. The third-order valence-electron chi connectivity index (χ3n) is 16.2. The summed E-state index contributed by atoms with van der Waals surface area (Å²) in [6, 6.07) is 0. The number of carboxylic acids is 1. The van der Waals surface area contributed by atoms with Crippen LogP contribution in [0.3, 0.4) is 0 Å². The summed E-state index contributed by atoms with van der Waals surface area (Å²) in [5, 5.41) is 31.6. The Labute approximate surface area is 484 Å². The highest BCUT2D eigenvalue weighted by molar-refractivity contribution is 5.74. The van der Waals surface area contributed by atoms with Gasteiger partial charge in [0.2, 0.25) is 0 Å². The number of aliphatic hydroxyl groups is 2. The number of esters is 3. The first kappa shape index (κ1) is 74.7. The molecule has 1 heterocycles. The summed E-state index contributed by atoms with van der Waals surface area (Å²) in [5.74, 6) is -3.06. The van der Waals surface area contributed by atoms with Crippen molar-refractivity contribution < 1.29 is 58.2 Å². The summed E-state index contributed by atoms with van der Waals surface area (Å²) in [5.41, 5.74) is 0. The van der Waals surface area contributed by atoms with Crippen LogP contribution in [0, 0.1) is 0 Å². The minimum atomic E-state index is -1.89. The monoisotopic (exact) mass is 1120 g/mol. The zero-order valence-corrected chi connectivity index (χ0v) is 51.7. The van der Waals surface area contributed by atoms with Gasteiger partial charge in [-0.2, -0.15) is 0 Å². The molecule has 1 saturated heterocycles. The fraction of sp³-hybridized carbons (Fsp3) is 0.940. The Kier molecular flexibility index (Phi) is 53.2. The van der Waals surface area contributed by atoms with Crippen molar-refractivity contribution in [1.29, 1.82) is 0 Å². The Hall–Kier alpha value is -2.28. The second kappa shape index (κ2) is 56.2. The Bertz CT molecular complexity index is 1380. The Balaban J connectivity index is 2.56. The molecule has 1 fully saturated rings. The molecule has 6 unspecified atom stereocenters. The number of carbonyl (C=O) groups excluding carboxylic acids is 3. The van der Waals surface area contributed by atoms with E-state index >= 15 is 0 Å². The highest BCUT2D eigenvalue weighted by atomic mass is 16.7. The summed E-state index contributed by atoms with van der Waals surface area (Å²) in [7, 11) is 0. The van der Waals surface area contributed by atoms with E-state index < -0.39 is 67.3 Å². The van der Waals surface area contributed by atoms with Gasteiger partial charge in [-0.25, -0.2) is 4.79 Å². The molecule has 12 heteroatoms. The lowest BCUT2D eigenvalue weighted by atomic mass is 9.98. The maximum Gasteiger partial charge on any atom is 0.335 e. The van der Waals surface area contributed by atoms with E-state index in [1.807, 2.05) is 0 Å². The maximum absolute atomic E-state index is 13.2. The molecule has 1 aliphatic rings. The van der Waals surface area contributed by atoms with Gasteiger partial charge < -0.3 is 39.0 Å². The molecule has 79 heavy (non-hydrogen) atoms. The standard InChI is InChI=1S/C67H126O12/c1-4-7-10-13-16-19-22-24-26-28-30-32-34-36-39-41-44-47-50-53-59(68)75-56-58(77-60(69)54-51-48-45-42-38-21-18-15-12-9-6-3)57-76-67-65(63(72)62(71)64(79-67)66(73)74)78-61(70)55-52-49-46-43-40-37-35-33-31-29-27-25-23-20-17-14-11-8-5-2/h58,62-65,67,71-72H,4-57H2,1-3H3,(H,73,74). The lowest BCUT2D eigenvalue weighted by Gasteiger charge is -2.40. The average molecular weight is 1120 g/mol. The third kappa shape index (κ3) is 45.9. The van der Waals surface area contributed by atoms with Crippen LogP contribution in [0.15, 0.2) is 0 Å². The molecule has 1 rings (SSSR count). The Morgan fingerprint density at radius 3 is 0.949 bits per heavy atom. The predicted octanol–water partition coefficient (Wildman–Crippen LogP) is 18.2. The Morgan fingerprint density at radius 1 is 0.367 bits per heavy atom. The van der Waals surface area contributed by atoms with Crippen LogP contribution < -0.4 is 0 Å². The van der Waals surface area contributed by atoms with Crippen LogP contribution in [0.1, 0.15) is 355 Å². The van der Waals surface area contributed by atoms with E-state index in [-0.39, 0.29) is 25.9 Å². The third-order valence-corrected chi connectivity index (χ3v) is 16.2. The van der Waals surface area contributed by atoms with Crippen molar-refractivity contribution in [3.8, 4) is 0 Å². The quantitative estimate of drug-likeness (QED) is 0.0299. The van der Waals surface area contributed by atoms with E-state index in [0.717, 1.165) is 57.8 Å². The largest absolute Gasteiger partial charge is 0.479 e. The van der Waals surface area contributed by atoms with Crippen LogP contribution in [0.4, 0.5) is 0 Å². The fourth-order valence-electron chi connectivity index (χ4n) is 11.0. The average Bonchev–Trinajstić information content (AvgIpc) is 3.48. The van der Waals surface area contributed by atoms with Crippen LogP contribution in [0.25, 0.3) is 0 Å². The van der Waals surface area contributed by atoms with Gasteiger partial charge in [0, 0.05) is 19.3 Å². The number of unbranched alkanes of at least 4 members (excludes halogenated alkanes) is 46. The number of hydrogen-bond acceptors (Lipinski definition) is 11. The van der Waals surface area contributed by atoms with E-state index in [2.05, 4.69) is 20.8 Å². The summed E-state index contributed by atoms with van der Waals surface area (Å²) in [4.78, 5) is 51.3. The van der Waals surface area contributed by atoms with Crippen LogP contribution in [-0.2, 0) is 42.9 Å². The van der Waals surface area contributed by atoms with Crippen molar-refractivity contribution in [1.82, 2.24) is 0 Å². The van der Waals surface area contributed by atoms with Crippen LogP contribution in [0.5, 0.6) is 0 Å². The SMILES string of the molecule is CCCCCCCCCCCCCCCCCCCCCC(=O)OCC(COC1OC(C(=O)O)C(O)C(O)C1OC(=O)CCCCCCCCCCCCCCCCCCCCC)OC(=O)CCCCCCCCCCCCC. The van der Waals surface area contributed by atoms with Crippen LogP contribution in [-0.4, -0.2) is 89.2 Å². The molecule has 466 valence electrons. The molecule has 0 aliphatic carbocycles. The summed E-state index contributed by atoms with van der Waals surface area (Å²) < 4.78 is 28.6. The molecular weight excluding hydrogens is 997 g/mol. The number of carboxylic acid groups (broad SMARTS) is 1. The molecule has 0 spiro atoms. The summed E-state index contributed by atoms with van der Waals surface area (Å²) in [6.07, 6.45) is 50.7. The van der Waals surface area contributed by atoms with Crippen molar-refractivity contribution in [2.75, 3.05) is 13.2 Å². The second-order valence-corrected chi connectivity index (χ2v) is 23.8. The van der Waals surface area contributed by atoms with Crippen LogP contribution >= 0.6 is 0 Å². The number of carbonyl (C=O) groups is 4. The molecule has 0 bridgehead atoms. The maximum atomic E-state index is 13.2. The van der Waals surface area contributed by atoms with E-state index in [1.54, 1.807) is 0 Å². The molecular formula is C67H126O12. The molecule has 12 nitrogen and oxygen atoms in total. The predicted molar refractivity (Wildman–Crippen MR) is 322 cm³/mol. The lowest BCUT2D eigenvalue weighted by Crippen LogP contribution is -2.61. The molecule has 0 aromatic heterocycles. The molecule has 3 N–H and O–H groups in total. The first-order valence-corrected chi connectivity index (χ1v) is 34.0. The number of aliphatic carboxylic acids is 1. The van der Waals surface area contributed by atoms with E-state index in [4.69, 9.17) is 23.7 Å². The number of ether oxygens (including phenoxy) is 5. The minimum Gasteiger partial charge on any atom is -0.479 e. The second-order valence-electron chi connectivity index (χ2n) is 23.8. The minimum absolute atomic E-state index is 0.0714. The summed E-state index contributed by atoms with van der Waals surface area (Å²) in [6.45, 7) is 6.07. The van der Waals surface area contributed by atoms with E-state index in [9.17, 15) is 34.5 Å². The van der Waals surface area contributed by atoms with E-state index in [0.29, 0.717) is 19.3 Å². The van der Waals surface area contributed by atoms with Gasteiger partial charge >= 0.3 is 23.9 Å². The van der Waals surface area contributed by atoms with Gasteiger partial charge in [0.25, 0.3) is 0 Å². The highest BCUT2D eigenvalue weighted by Crippen LogP contribution is 2.27. The smallest absolute Gasteiger partial charge is 0.335 e. The normalized spacial score (nSPS) is 17.7. The van der Waals surface area contributed by atoms with Crippen molar-refractivity contribution in [2.45, 2.75) is 391 Å². The van der Waals surface area contributed by atoms with Gasteiger partial charge in [0.05, 0.1) is 6.61 Å². The molecule has 0 radical (unpaired) electrons. The van der Waals surface area contributed by atoms with Gasteiger partial charge in [0.15, 0.2) is 24.6 Å². The van der Waals surface area contributed by atoms with Gasteiger partial charge in [-0.1, -0.05) is 316 Å². The van der Waals surface area contributed by atoms with Crippen molar-refractivity contribution in [3.63, 3.8) is 0 Å². The van der Waals surface area contributed by atoms with Gasteiger partial charge in [0.1, 0.15) is 18.8 Å². The molecule has 0 amide bonds. The van der Waals surface area contributed by atoms with E-state index in [1.165, 1.54) is 238 Å². The van der Waals surface area contributed by atoms with Crippen molar-refractivity contribution in [2.24, 2.45) is 0 Å². The Morgan fingerprint density at radius 2 is 0.646 bits per heavy atom. The molecule has 1 aliphatic heterocycles. The fourth-order valence-corrected chi connectivity index (χ4v) is 11.0. The number of aliphatic hydroxyl groups excluding tert-OH is 2. The number of rotatable bonds is 60. The van der Waals surface area contributed by atoms with Crippen LogP contribution in [0.2, 0.25) is 0 Å². The lowest BCUT2D eigenvalue weighted by molar-refractivity contribution is -0.301. The zero-order valence-electron chi connectivity index (χ0n) is 51.7. The molecule has 0 saturated carbocycles. The van der Waals surface area contributed by atoms with Crippen molar-refractivity contribution >= 4 is 23.9 Å². The summed E-state index contributed by atoms with van der Waals surface area (Å²) >= 11 is 0. The van der Waals surface area contributed by atoms with Gasteiger partial charge in [-0.15, -0.1) is 0 Å².